The molecule has 28 heavy (non-hydrogen) atoms. The highest BCUT2D eigenvalue weighted by Gasteiger charge is 2.44. The van der Waals surface area contributed by atoms with E-state index in [4.69, 9.17) is 0 Å². The molecule has 3 aliphatic rings. The standard InChI is InChI=1S/C20H28FN5O2/c1-25-10-11-26(13-20(25)7-6-18(27)22-9-8-20)19(28)17-12-16(23-24-17)14-2-4-15(21)5-3-14/h2-5,16-17,23-24H,6-13H2,1H3,(H,22,27). The van der Waals surface area contributed by atoms with Gasteiger partial charge in [-0.2, -0.15) is 0 Å². The average Bonchev–Trinajstić information content (AvgIpc) is 3.11. The molecule has 8 heteroatoms. The van der Waals surface area contributed by atoms with Crippen LogP contribution >= 0.6 is 0 Å². The van der Waals surface area contributed by atoms with Crippen LogP contribution in [0.25, 0.3) is 0 Å². The van der Waals surface area contributed by atoms with E-state index in [-0.39, 0.29) is 35.3 Å². The van der Waals surface area contributed by atoms with Gasteiger partial charge in [0.25, 0.3) is 0 Å². The second-order valence-electron chi connectivity index (χ2n) is 8.19. The molecule has 3 saturated heterocycles. The van der Waals surface area contributed by atoms with Crippen LogP contribution in [0.1, 0.15) is 37.3 Å². The molecule has 0 radical (unpaired) electrons. The van der Waals surface area contributed by atoms with Gasteiger partial charge in [-0.3, -0.25) is 14.5 Å². The molecule has 1 spiro atoms. The zero-order valence-corrected chi connectivity index (χ0v) is 16.2. The summed E-state index contributed by atoms with van der Waals surface area (Å²) >= 11 is 0. The topological polar surface area (TPSA) is 76.7 Å². The Hall–Kier alpha value is -2.03. The second kappa shape index (κ2) is 7.77. The van der Waals surface area contributed by atoms with Crippen molar-refractivity contribution in [2.75, 3.05) is 33.2 Å². The van der Waals surface area contributed by atoms with Gasteiger partial charge in [0.15, 0.2) is 0 Å². The van der Waals surface area contributed by atoms with E-state index in [1.165, 1.54) is 12.1 Å². The number of halogens is 1. The molecule has 1 aromatic rings. The third-order valence-corrected chi connectivity index (χ3v) is 6.52. The molecule has 3 unspecified atom stereocenters. The zero-order valence-electron chi connectivity index (χ0n) is 16.2. The lowest BCUT2D eigenvalue weighted by molar-refractivity contribution is -0.138. The van der Waals surface area contributed by atoms with Gasteiger partial charge in [-0.1, -0.05) is 12.1 Å². The summed E-state index contributed by atoms with van der Waals surface area (Å²) in [7, 11) is 2.09. The number of hydrogen-bond donors (Lipinski definition) is 3. The number of carbonyl (C=O) groups excluding carboxylic acids is 2. The lowest BCUT2D eigenvalue weighted by Crippen LogP contribution is -2.63. The molecular formula is C20H28FN5O2. The van der Waals surface area contributed by atoms with Gasteiger partial charge in [0.1, 0.15) is 11.9 Å². The Morgan fingerprint density at radius 3 is 2.75 bits per heavy atom. The summed E-state index contributed by atoms with van der Waals surface area (Å²) in [4.78, 5) is 29.2. The van der Waals surface area contributed by atoms with Crippen LogP contribution in [0, 0.1) is 5.82 Å². The minimum Gasteiger partial charge on any atom is -0.356 e. The molecule has 3 N–H and O–H groups in total. The lowest BCUT2D eigenvalue weighted by Gasteiger charge is -2.49. The number of rotatable bonds is 2. The first-order chi connectivity index (χ1) is 13.5. The summed E-state index contributed by atoms with van der Waals surface area (Å²) in [5.41, 5.74) is 7.12. The summed E-state index contributed by atoms with van der Waals surface area (Å²) in [6, 6.07) is 6.07. The normalized spacial score (nSPS) is 31.6. The molecule has 152 valence electrons. The van der Waals surface area contributed by atoms with Crippen LogP contribution in [0.15, 0.2) is 24.3 Å². The first-order valence-corrected chi connectivity index (χ1v) is 10.0. The van der Waals surface area contributed by atoms with Crippen molar-refractivity contribution in [3.63, 3.8) is 0 Å². The minimum atomic E-state index is -0.305. The monoisotopic (exact) mass is 389 g/mol. The molecule has 3 fully saturated rings. The van der Waals surface area contributed by atoms with Crippen LogP contribution in [0.3, 0.4) is 0 Å². The van der Waals surface area contributed by atoms with Gasteiger partial charge in [-0.05, 0) is 44.0 Å². The van der Waals surface area contributed by atoms with Crippen LogP contribution in [0.2, 0.25) is 0 Å². The maximum Gasteiger partial charge on any atom is 0.241 e. The van der Waals surface area contributed by atoms with Crippen LogP contribution in [0.4, 0.5) is 4.39 Å². The first kappa shape index (κ1) is 19.3. The summed E-state index contributed by atoms with van der Waals surface area (Å²) in [5, 5.41) is 2.95. The number of benzene rings is 1. The van der Waals surface area contributed by atoms with Crippen molar-refractivity contribution in [1.29, 1.82) is 0 Å². The molecule has 4 rings (SSSR count). The summed E-state index contributed by atoms with van der Waals surface area (Å²) in [6.45, 7) is 2.80. The van der Waals surface area contributed by atoms with Crippen molar-refractivity contribution in [2.45, 2.75) is 43.3 Å². The van der Waals surface area contributed by atoms with E-state index >= 15 is 0 Å². The van der Waals surface area contributed by atoms with Gasteiger partial charge in [0, 0.05) is 44.2 Å². The van der Waals surface area contributed by atoms with Crippen LogP contribution in [0.5, 0.6) is 0 Å². The van der Waals surface area contributed by atoms with E-state index in [0.29, 0.717) is 32.5 Å². The van der Waals surface area contributed by atoms with E-state index in [0.717, 1.165) is 24.9 Å². The number of hydrazine groups is 1. The summed E-state index contributed by atoms with van der Waals surface area (Å²) < 4.78 is 13.2. The first-order valence-electron chi connectivity index (χ1n) is 10.0. The molecule has 0 aromatic heterocycles. The number of piperazine rings is 1. The second-order valence-corrected chi connectivity index (χ2v) is 8.19. The van der Waals surface area contributed by atoms with E-state index in [2.05, 4.69) is 28.1 Å². The fourth-order valence-corrected chi connectivity index (χ4v) is 4.64. The largest absolute Gasteiger partial charge is 0.356 e. The number of amides is 2. The fourth-order valence-electron chi connectivity index (χ4n) is 4.64. The van der Waals surface area contributed by atoms with Crippen molar-refractivity contribution >= 4 is 11.8 Å². The van der Waals surface area contributed by atoms with Crippen molar-refractivity contribution in [3.05, 3.63) is 35.6 Å². The van der Waals surface area contributed by atoms with E-state index in [1.807, 2.05) is 4.90 Å². The Bertz CT molecular complexity index is 743. The average molecular weight is 389 g/mol. The van der Waals surface area contributed by atoms with Gasteiger partial charge in [0.05, 0.1) is 0 Å². The smallest absolute Gasteiger partial charge is 0.241 e. The predicted molar refractivity (Wildman–Crippen MR) is 103 cm³/mol. The van der Waals surface area contributed by atoms with E-state index in [9.17, 15) is 14.0 Å². The highest BCUT2D eigenvalue weighted by atomic mass is 19.1. The van der Waals surface area contributed by atoms with E-state index in [1.54, 1.807) is 12.1 Å². The minimum absolute atomic E-state index is 0.0179. The highest BCUT2D eigenvalue weighted by Crippen LogP contribution is 2.31. The van der Waals surface area contributed by atoms with Gasteiger partial charge < -0.3 is 10.2 Å². The molecule has 3 atom stereocenters. The Balaban J connectivity index is 1.42. The third-order valence-electron chi connectivity index (χ3n) is 6.52. The molecule has 0 bridgehead atoms. The van der Waals surface area contributed by atoms with E-state index < -0.39 is 0 Å². The van der Waals surface area contributed by atoms with Crippen LogP contribution in [-0.4, -0.2) is 66.4 Å². The van der Waals surface area contributed by atoms with Gasteiger partial charge in [-0.25, -0.2) is 15.2 Å². The molecule has 0 aliphatic carbocycles. The van der Waals surface area contributed by atoms with Crippen molar-refractivity contribution in [3.8, 4) is 0 Å². The van der Waals surface area contributed by atoms with Crippen molar-refractivity contribution < 1.29 is 14.0 Å². The third kappa shape index (κ3) is 3.76. The van der Waals surface area contributed by atoms with Crippen LogP contribution < -0.4 is 16.2 Å². The molecule has 0 saturated carbocycles. The van der Waals surface area contributed by atoms with Crippen LogP contribution in [-0.2, 0) is 9.59 Å². The Morgan fingerprint density at radius 1 is 1.18 bits per heavy atom. The Kier molecular flexibility index (Phi) is 5.35. The fraction of sp³-hybridized carbons (Fsp3) is 0.600. The van der Waals surface area contributed by atoms with Gasteiger partial charge >= 0.3 is 0 Å². The maximum absolute atomic E-state index is 13.2. The number of carbonyl (C=O) groups is 2. The molecule has 2 amide bonds. The summed E-state index contributed by atoms with van der Waals surface area (Å²) in [5.74, 6) is -0.0768. The Labute approximate surface area is 164 Å². The molecule has 3 heterocycles. The van der Waals surface area contributed by atoms with Crippen molar-refractivity contribution in [1.82, 2.24) is 26.0 Å². The summed E-state index contributed by atoms with van der Waals surface area (Å²) in [6.07, 6.45) is 2.76. The number of likely N-dealkylation sites (N-methyl/N-ethyl adjacent to an activating group) is 1. The number of nitrogens with one attached hydrogen (secondary N) is 3. The maximum atomic E-state index is 13.2. The number of nitrogens with zero attached hydrogens (tertiary/aromatic N) is 2. The quantitative estimate of drug-likeness (QED) is 0.689. The molecule has 1 aromatic carbocycles. The SMILES string of the molecule is CN1CCN(C(=O)C2CC(c3ccc(F)cc3)NN2)CC12CCNC(=O)CC2. The molecule has 3 aliphatic heterocycles. The number of hydrogen-bond acceptors (Lipinski definition) is 5. The molecule has 7 nitrogen and oxygen atoms in total. The van der Waals surface area contributed by atoms with Gasteiger partial charge in [0.2, 0.25) is 11.8 Å². The highest BCUT2D eigenvalue weighted by molar-refractivity contribution is 5.82. The zero-order chi connectivity index (χ0) is 19.7. The van der Waals surface area contributed by atoms with Crippen molar-refractivity contribution in [2.24, 2.45) is 0 Å². The van der Waals surface area contributed by atoms with Gasteiger partial charge in [-0.15, -0.1) is 0 Å². The Morgan fingerprint density at radius 2 is 1.96 bits per heavy atom. The predicted octanol–water partition coefficient (Wildman–Crippen LogP) is 0.546. The lowest BCUT2D eigenvalue weighted by atomic mass is 9.86. The molecular weight excluding hydrogens is 361 g/mol.